The number of nitrogens with zero attached hydrogens (tertiary/aromatic N) is 3. The van der Waals surface area contributed by atoms with E-state index in [1.165, 1.54) is 0 Å². The van der Waals surface area contributed by atoms with E-state index in [2.05, 4.69) is 30.9 Å². The first-order valence-corrected chi connectivity index (χ1v) is 11.6. The highest BCUT2D eigenvalue weighted by Gasteiger charge is 2.24. The van der Waals surface area contributed by atoms with Crippen LogP contribution in [0, 0.1) is 0 Å². The second kappa shape index (κ2) is 11.5. The van der Waals surface area contributed by atoms with Gasteiger partial charge in [0.05, 0.1) is 26.4 Å². The molecule has 0 aliphatic heterocycles. The first-order chi connectivity index (χ1) is 16.6. The summed E-state index contributed by atoms with van der Waals surface area (Å²) in [5.74, 6) is 2.97. The predicted molar refractivity (Wildman–Crippen MR) is 132 cm³/mol. The van der Waals surface area contributed by atoms with Gasteiger partial charge in [0.1, 0.15) is 11.5 Å². The van der Waals surface area contributed by atoms with Crippen LogP contribution in [0.2, 0.25) is 0 Å². The number of nitrogens with one attached hydrogen (secondary N) is 3. The summed E-state index contributed by atoms with van der Waals surface area (Å²) in [4.78, 5) is 13.7. The highest BCUT2D eigenvalue weighted by molar-refractivity contribution is 5.44. The normalized spacial score (nSPS) is 17.6. The van der Waals surface area contributed by atoms with E-state index in [4.69, 9.17) is 9.47 Å². The zero-order valence-corrected chi connectivity index (χ0v) is 19.6. The quantitative estimate of drug-likeness (QED) is 0.355. The molecule has 3 aromatic rings. The molecule has 1 aliphatic rings. The molecule has 4 N–H and O–H groups in total. The molecular formula is C25H32N6O3. The Morgan fingerprint density at radius 1 is 0.735 bits per heavy atom. The minimum Gasteiger partial charge on any atom is -0.497 e. The molecule has 9 heteroatoms. The molecule has 1 aliphatic carbocycles. The van der Waals surface area contributed by atoms with Gasteiger partial charge in [0, 0.05) is 13.1 Å². The molecule has 1 saturated carbocycles. The molecule has 9 nitrogen and oxygen atoms in total. The van der Waals surface area contributed by atoms with Gasteiger partial charge in [-0.2, -0.15) is 15.0 Å². The van der Waals surface area contributed by atoms with Crippen LogP contribution in [-0.4, -0.2) is 46.4 Å². The first-order valence-electron chi connectivity index (χ1n) is 11.6. The predicted octanol–water partition coefficient (Wildman–Crippen LogP) is 3.83. The maximum atomic E-state index is 10.4. The number of benzene rings is 2. The molecule has 180 valence electrons. The van der Waals surface area contributed by atoms with Crippen molar-refractivity contribution in [3.63, 3.8) is 0 Å². The van der Waals surface area contributed by atoms with E-state index in [0.717, 1.165) is 48.3 Å². The zero-order valence-electron chi connectivity index (χ0n) is 19.6. The van der Waals surface area contributed by atoms with Crippen LogP contribution in [0.1, 0.15) is 36.8 Å². The van der Waals surface area contributed by atoms with Crippen LogP contribution in [0.5, 0.6) is 11.5 Å². The second-order valence-corrected chi connectivity index (χ2v) is 8.31. The van der Waals surface area contributed by atoms with Crippen molar-refractivity contribution in [2.24, 2.45) is 0 Å². The Kier molecular flexibility index (Phi) is 7.98. The Balaban J connectivity index is 1.48. The molecule has 1 aromatic heterocycles. The molecule has 0 bridgehead atoms. The van der Waals surface area contributed by atoms with Crippen molar-refractivity contribution in [2.45, 2.75) is 50.9 Å². The molecule has 1 fully saturated rings. The van der Waals surface area contributed by atoms with Crippen LogP contribution in [0.3, 0.4) is 0 Å². The lowest BCUT2D eigenvalue weighted by Gasteiger charge is -2.28. The van der Waals surface area contributed by atoms with Crippen molar-refractivity contribution in [1.82, 2.24) is 15.0 Å². The third-order valence-corrected chi connectivity index (χ3v) is 5.90. The molecule has 0 spiro atoms. The number of anilines is 3. The van der Waals surface area contributed by atoms with Gasteiger partial charge in [0.25, 0.3) is 0 Å². The minimum atomic E-state index is -0.406. The number of methoxy groups -OCH3 is 2. The molecule has 4 rings (SSSR count). The van der Waals surface area contributed by atoms with Crippen molar-refractivity contribution in [3.05, 3.63) is 59.7 Å². The lowest BCUT2D eigenvalue weighted by atomic mass is 9.93. The van der Waals surface area contributed by atoms with Crippen molar-refractivity contribution in [1.29, 1.82) is 0 Å². The second-order valence-electron chi connectivity index (χ2n) is 8.31. The van der Waals surface area contributed by atoms with Crippen molar-refractivity contribution >= 4 is 17.8 Å². The van der Waals surface area contributed by atoms with E-state index in [1.807, 2.05) is 48.5 Å². The third-order valence-electron chi connectivity index (χ3n) is 5.90. The van der Waals surface area contributed by atoms with Gasteiger partial charge in [-0.15, -0.1) is 0 Å². The largest absolute Gasteiger partial charge is 0.497 e. The van der Waals surface area contributed by atoms with Gasteiger partial charge in [-0.1, -0.05) is 37.1 Å². The molecule has 0 radical (unpaired) electrons. The van der Waals surface area contributed by atoms with Crippen LogP contribution in [0.25, 0.3) is 0 Å². The molecular weight excluding hydrogens is 432 g/mol. The maximum absolute atomic E-state index is 10.4. The van der Waals surface area contributed by atoms with Gasteiger partial charge in [-0.25, -0.2) is 0 Å². The fraction of sp³-hybridized carbons (Fsp3) is 0.400. The Morgan fingerprint density at radius 3 is 1.68 bits per heavy atom. The van der Waals surface area contributed by atoms with Crippen LogP contribution in [-0.2, 0) is 13.1 Å². The molecule has 0 unspecified atom stereocenters. The van der Waals surface area contributed by atoms with Crippen molar-refractivity contribution in [3.8, 4) is 11.5 Å². The van der Waals surface area contributed by atoms with Crippen LogP contribution in [0.15, 0.2) is 48.5 Å². The fourth-order valence-corrected chi connectivity index (χ4v) is 3.89. The molecule has 2 atom stereocenters. The molecule has 34 heavy (non-hydrogen) atoms. The summed E-state index contributed by atoms with van der Waals surface area (Å²) in [6.07, 6.45) is 3.38. The standard InChI is InChI=1S/C25H32N6O3/c1-33-19-11-7-17(8-12-19)15-26-23-29-24(27-16-18-9-13-20(34-2)14-10-18)31-25(30-23)28-21-5-3-4-6-22(21)32/h7-14,21-22,32H,3-6,15-16H2,1-2H3,(H3,26,27,28,29,30,31)/t21-,22+/m1/s1. The van der Waals surface area contributed by atoms with Gasteiger partial charge in [0.2, 0.25) is 17.8 Å². The summed E-state index contributed by atoms with van der Waals surface area (Å²) >= 11 is 0. The number of aliphatic hydroxyl groups excluding tert-OH is 1. The van der Waals surface area contributed by atoms with Gasteiger partial charge < -0.3 is 30.5 Å². The zero-order chi connectivity index (χ0) is 23.8. The lowest BCUT2D eigenvalue weighted by molar-refractivity contribution is 0.116. The van der Waals surface area contributed by atoms with Crippen LogP contribution in [0.4, 0.5) is 17.8 Å². The Bertz CT molecular complexity index is 976. The third kappa shape index (κ3) is 6.48. The summed E-state index contributed by atoms with van der Waals surface area (Å²) in [6.45, 7) is 1.11. The molecule has 1 heterocycles. The summed E-state index contributed by atoms with van der Waals surface area (Å²) in [5, 5.41) is 20.2. The van der Waals surface area contributed by atoms with Gasteiger partial charge >= 0.3 is 0 Å². The monoisotopic (exact) mass is 464 g/mol. The highest BCUT2D eigenvalue weighted by atomic mass is 16.5. The van der Waals surface area contributed by atoms with E-state index >= 15 is 0 Å². The number of aromatic nitrogens is 3. The lowest BCUT2D eigenvalue weighted by Crippen LogP contribution is -2.37. The maximum Gasteiger partial charge on any atom is 0.229 e. The first kappa shape index (κ1) is 23.6. The van der Waals surface area contributed by atoms with E-state index in [1.54, 1.807) is 14.2 Å². The average Bonchev–Trinajstić information content (AvgIpc) is 2.88. The number of ether oxygens (including phenoxy) is 2. The molecule has 2 aromatic carbocycles. The number of hydrogen-bond acceptors (Lipinski definition) is 9. The topological polar surface area (TPSA) is 113 Å². The number of aliphatic hydroxyl groups is 1. The van der Waals surface area contributed by atoms with Crippen LogP contribution >= 0.6 is 0 Å². The number of hydrogen-bond donors (Lipinski definition) is 4. The fourth-order valence-electron chi connectivity index (χ4n) is 3.89. The SMILES string of the molecule is COc1ccc(CNc2nc(NCc3ccc(OC)cc3)nc(N[C@@H]3CCCC[C@@H]3O)n2)cc1. The summed E-state index contributed by atoms with van der Waals surface area (Å²) in [6, 6.07) is 15.6. The Hall–Kier alpha value is -3.59. The molecule has 0 saturated heterocycles. The van der Waals surface area contributed by atoms with E-state index in [-0.39, 0.29) is 6.04 Å². The smallest absolute Gasteiger partial charge is 0.229 e. The number of rotatable bonds is 10. The summed E-state index contributed by atoms with van der Waals surface area (Å²) in [7, 11) is 3.30. The van der Waals surface area contributed by atoms with E-state index in [0.29, 0.717) is 30.9 Å². The Morgan fingerprint density at radius 2 is 1.21 bits per heavy atom. The van der Waals surface area contributed by atoms with E-state index < -0.39 is 6.10 Å². The minimum absolute atomic E-state index is 0.0694. The average molecular weight is 465 g/mol. The van der Waals surface area contributed by atoms with Crippen LogP contribution < -0.4 is 25.4 Å². The van der Waals surface area contributed by atoms with Gasteiger partial charge in [-0.05, 0) is 48.2 Å². The highest BCUT2D eigenvalue weighted by Crippen LogP contribution is 2.22. The Labute approximate surface area is 200 Å². The van der Waals surface area contributed by atoms with Gasteiger partial charge in [0.15, 0.2) is 0 Å². The van der Waals surface area contributed by atoms with E-state index in [9.17, 15) is 5.11 Å². The summed E-state index contributed by atoms with van der Waals surface area (Å²) in [5.41, 5.74) is 2.15. The van der Waals surface area contributed by atoms with Gasteiger partial charge in [-0.3, -0.25) is 0 Å². The van der Waals surface area contributed by atoms with Crippen molar-refractivity contribution < 1.29 is 14.6 Å². The van der Waals surface area contributed by atoms with Crippen molar-refractivity contribution in [2.75, 3.05) is 30.2 Å². The molecule has 0 amide bonds. The summed E-state index contributed by atoms with van der Waals surface area (Å²) < 4.78 is 10.4.